The third kappa shape index (κ3) is 17.7. The number of carbonyl (C=O) groups is 6. The van der Waals surface area contributed by atoms with Crippen molar-refractivity contribution in [3.63, 3.8) is 0 Å². The van der Waals surface area contributed by atoms with Crippen molar-refractivity contribution in [3.8, 4) is 0 Å². The SMILES string of the molecule is CCCCC(N)C(=O)OOC(=O)C(N)(CCCC)OC(=O)C(N)(OC(=O)C(N)CCCC)C(CCCN)OC(=O)C(N)(CCCCN)OC(=O)C(N)CCCC. The van der Waals surface area contributed by atoms with Gasteiger partial charge in [-0.1, -0.05) is 72.6 Å². The molecule has 0 rings (SSSR count). The molecule has 16 N–H and O–H groups in total. The van der Waals surface area contributed by atoms with Crippen LogP contribution in [-0.2, 0) is 57.5 Å². The van der Waals surface area contributed by atoms with E-state index in [-0.39, 0.29) is 64.5 Å². The van der Waals surface area contributed by atoms with Crippen molar-refractivity contribution < 1.29 is 57.5 Å². The minimum atomic E-state index is -3.08. The molecule has 0 saturated heterocycles. The molecule has 0 fully saturated rings. The summed E-state index contributed by atoms with van der Waals surface area (Å²) in [5.41, 5.74) is 40.3. The van der Waals surface area contributed by atoms with Gasteiger partial charge in [-0.2, -0.15) is 0 Å². The number of ether oxygens (including phenoxy) is 4. The molecule has 7 atom stereocenters. The Balaban J connectivity index is 7.04. The van der Waals surface area contributed by atoms with Gasteiger partial charge in [0.15, 0.2) is 6.10 Å². The van der Waals surface area contributed by atoms with E-state index in [1.807, 2.05) is 20.8 Å². The lowest BCUT2D eigenvalue weighted by molar-refractivity contribution is -0.275. The van der Waals surface area contributed by atoms with Gasteiger partial charge in [-0.05, 0) is 64.5 Å². The zero-order valence-corrected chi connectivity index (χ0v) is 33.8. The van der Waals surface area contributed by atoms with Crippen LogP contribution in [0.1, 0.15) is 137 Å². The van der Waals surface area contributed by atoms with Gasteiger partial charge in [0.2, 0.25) is 0 Å². The van der Waals surface area contributed by atoms with Gasteiger partial charge in [-0.25, -0.2) is 29.0 Å². The standard InChI is InChI=1S/C36H70N8O12/c1-5-9-16-24(39)28(45)52-34(42,21-13-14-22-37)31(48)51-27(19-15-23-38)36(44,53-29(46)25(40)17-10-6-2)33(50)54-35(43,20-12-8-4)32(49)56-55-30(47)26(41)18-11-7-3/h24-27H,5-23,37-44H2,1-4H3. The van der Waals surface area contributed by atoms with Gasteiger partial charge < -0.3 is 47.6 Å². The van der Waals surface area contributed by atoms with Gasteiger partial charge >= 0.3 is 35.8 Å². The van der Waals surface area contributed by atoms with Crippen LogP contribution in [0.2, 0.25) is 0 Å². The first-order valence-corrected chi connectivity index (χ1v) is 19.7. The van der Waals surface area contributed by atoms with E-state index in [0.717, 1.165) is 12.8 Å². The van der Waals surface area contributed by atoms with Crippen molar-refractivity contribution in [3.05, 3.63) is 0 Å². The number of unbranched alkanes of at least 4 members (excludes halogenated alkanes) is 5. The Morgan fingerprint density at radius 2 is 0.929 bits per heavy atom. The zero-order valence-electron chi connectivity index (χ0n) is 33.8. The van der Waals surface area contributed by atoms with E-state index in [2.05, 4.69) is 9.78 Å². The fraction of sp³-hybridized carbons (Fsp3) is 0.833. The van der Waals surface area contributed by atoms with Crippen molar-refractivity contribution in [2.75, 3.05) is 13.1 Å². The molecule has 0 spiro atoms. The van der Waals surface area contributed by atoms with Gasteiger partial charge in [0.05, 0.1) is 0 Å². The maximum atomic E-state index is 14.2. The predicted octanol–water partition coefficient (Wildman–Crippen LogP) is 0.105. The van der Waals surface area contributed by atoms with Gasteiger partial charge in [0.25, 0.3) is 17.2 Å². The molecule has 0 aliphatic carbocycles. The molecule has 0 amide bonds. The number of nitrogens with two attached hydrogens (primary N) is 8. The molecule has 20 heteroatoms. The summed E-state index contributed by atoms with van der Waals surface area (Å²) >= 11 is 0. The van der Waals surface area contributed by atoms with Crippen LogP contribution in [0.15, 0.2) is 0 Å². The Kier molecular flexibility index (Phi) is 25.5. The smallest absolute Gasteiger partial charge is 0.413 e. The Labute approximate surface area is 330 Å². The van der Waals surface area contributed by atoms with Crippen LogP contribution >= 0.6 is 0 Å². The van der Waals surface area contributed by atoms with E-state index < -0.39 is 83.6 Å². The van der Waals surface area contributed by atoms with Crippen molar-refractivity contribution in [2.45, 2.75) is 178 Å². The van der Waals surface area contributed by atoms with Crippen molar-refractivity contribution >= 4 is 35.8 Å². The average Bonchev–Trinajstić information content (AvgIpc) is 3.17. The monoisotopic (exact) mass is 807 g/mol. The summed E-state index contributed by atoms with van der Waals surface area (Å²) in [4.78, 5) is 89.6. The molecule has 0 aliphatic heterocycles. The molecule has 0 bridgehead atoms. The highest BCUT2D eigenvalue weighted by molar-refractivity contribution is 5.90. The van der Waals surface area contributed by atoms with Crippen LogP contribution in [0.25, 0.3) is 0 Å². The Bertz CT molecular complexity index is 1230. The first kappa shape index (κ1) is 52.5. The second kappa shape index (κ2) is 27.2. The molecular formula is C36H70N8O12. The van der Waals surface area contributed by atoms with Crippen LogP contribution in [0.4, 0.5) is 0 Å². The highest BCUT2D eigenvalue weighted by Gasteiger charge is 2.56. The maximum absolute atomic E-state index is 14.2. The lowest BCUT2D eigenvalue weighted by atomic mass is 9.99. The highest BCUT2D eigenvalue weighted by Crippen LogP contribution is 2.28. The van der Waals surface area contributed by atoms with Crippen LogP contribution in [0.3, 0.4) is 0 Å². The number of esters is 4. The molecular weight excluding hydrogens is 736 g/mol. The molecule has 0 aromatic carbocycles. The van der Waals surface area contributed by atoms with Crippen molar-refractivity contribution in [1.29, 1.82) is 0 Å². The lowest BCUT2D eigenvalue weighted by Crippen LogP contribution is -2.67. The van der Waals surface area contributed by atoms with Crippen LogP contribution in [-0.4, -0.2) is 90.3 Å². The molecule has 7 unspecified atom stereocenters. The molecule has 0 heterocycles. The zero-order chi connectivity index (χ0) is 43.0. The maximum Gasteiger partial charge on any atom is 0.413 e. The molecule has 56 heavy (non-hydrogen) atoms. The van der Waals surface area contributed by atoms with E-state index in [1.54, 1.807) is 6.92 Å². The van der Waals surface area contributed by atoms with Crippen LogP contribution < -0.4 is 45.9 Å². The molecule has 0 radical (unpaired) electrons. The summed E-state index contributed by atoms with van der Waals surface area (Å²) in [5.74, 6) is -7.89. The van der Waals surface area contributed by atoms with E-state index in [1.165, 1.54) is 0 Å². The molecule has 20 nitrogen and oxygen atoms in total. The third-order valence-electron chi connectivity index (χ3n) is 8.85. The van der Waals surface area contributed by atoms with Crippen LogP contribution in [0.5, 0.6) is 0 Å². The Hall–Kier alpha value is -3.50. The number of hydrogen-bond acceptors (Lipinski definition) is 20. The molecule has 0 aromatic rings. The summed E-state index contributed by atoms with van der Waals surface area (Å²) in [5, 5.41) is 0. The molecule has 326 valence electrons. The second-order valence-electron chi connectivity index (χ2n) is 14.0. The van der Waals surface area contributed by atoms with E-state index in [4.69, 9.17) is 64.8 Å². The van der Waals surface area contributed by atoms with Crippen LogP contribution in [0, 0.1) is 0 Å². The molecule has 0 aromatic heterocycles. The quantitative estimate of drug-likeness (QED) is 0.0119. The summed E-state index contributed by atoms with van der Waals surface area (Å²) in [7, 11) is 0. The van der Waals surface area contributed by atoms with E-state index in [0.29, 0.717) is 38.5 Å². The summed E-state index contributed by atoms with van der Waals surface area (Å²) in [6.07, 6.45) is 2.50. The predicted molar refractivity (Wildman–Crippen MR) is 204 cm³/mol. The fourth-order valence-corrected chi connectivity index (χ4v) is 5.07. The Morgan fingerprint density at radius 1 is 0.482 bits per heavy atom. The number of hydrogen-bond donors (Lipinski definition) is 8. The number of rotatable bonds is 30. The average molecular weight is 807 g/mol. The highest BCUT2D eigenvalue weighted by atomic mass is 17.2. The van der Waals surface area contributed by atoms with Crippen molar-refractivity contribution in [2.24, 2.45) is 45.9 Å². The van der Waals surface area contributed by atoms with Crippen molar-refractivity contribution in [1.82, 2.24) is 0 Å². The molecule has 0 aliphatic rings. The number of carbonyl (C=O) groups excluding carboxylic acids is 6. The summed E-state index contributed by atoms with van der Waals surface area (Å²) in [6.45, 7) is 7.55. The lowest BCUT2D eigenvalue weighted by Gasteiger charge is -2.38. The van der Waals surface area contributed by atoms with E-state index >= 15 is 0 Å². The Morgan fingerprint density at radius 3 is 1.41 bits per heavy atom. The normalized spacial score (nSPS) is 16.7. The third-order valence-corrected chi connectivity index (χ3v) is 8.85. The van der Waals surface area contributed by atoms with Gasteiger partial charge in [0, 0.05) is 12.8 Å². The largest absolute Gasteiger partial charge is 0.452 e. The topological polar surface area (TPSA) is 366 Å². The van der Waals surface area contributed by atoms with Gasteiger partial charge in [-0.3, -0.25) is 26.8 Å². The minimum Gasteiger partial charge on any atom is -0.452 e. The fourth-order valence-electron chi connectivity index (χ4n) is 5.07. The summed E-state index contributed by atoms with van der Waals surface area (Å²) in [6, 6.07) is -3.57. The first-order chi connectivity index (χ1) is 26.4. The first-order valence-electron chi connectivity index (χ1n) is 19.7. The van der Waals surface area contributed by atoms with E-state index in [9.17, 15) is 28.8 Å². The van der Waals surface area contributed by atoms with Gasteiger partial charge in [0.1, 0.15) is 18.1 Å². The summed E-state index contributed by atoms with van der Waals surface area (Å²) < 4.78 is 22.1. The minimum absolute atomic E-state index is 0.00984. The van der Waals surface area contributed by atoms with Gasteiger partial charge in [-0.15, -0.1) is 0 Å². The molecule has 0 saturated carbocycles. The second-order valence-corrected chi connectivity index (χ2v) is 14.0.